The summed E-state index contributed by atoms with van der Waals surface area (Å²) in [6.45, 7) is 3.76. The molecule has 2 nitrogen and oxygen atoms in total. The molecule has 0 radical (unpaired) electrons. The van der Waals surface area contributed by atoms with Crippen LogP contribution in [-0.4, -0.2) is 31.1 Å². The highest BCUT2D eigenvalue weighted by molar-refractivity contribution is 6.33. The summed E-state index contributed by atoms with van der Waals surface area (Å²) in [7, 11) is 0. The van der Waals surface area contributed by atoms with E-state index in [9.17, 15) is 4.39 Å². The molecule has 0 amide bonds. The van der Waals surface area contributed by atoms with Crippen molar-refractivity contribution < 1.29 is 4.39 Å². The van der Waals surface area contributed by atoms with Crippen LogP contribution in [0.5, 0.6) is 0 Å². The Bertz CT molecular complexity index is 500. The zero-order valence-electron chi connectivity index (χ0n) is 12.5. The molecule has 1 saturated heterocycles. The normalized spacial score (nSPS) is 21.6. The fourth-order valence-corrected chi connectivity index (χ4v) is 4.19. The monoisotopic (exact) mass is 366 g/mol. The van der Waals surface area contributed by atoms with Gasteiger partial charge in [0, 0.05) is 42.8 Å². The number of nitrogens with zero attached hydrogens (tertiary/aromatic N) is 1. The number of hydrogen-bond donors (Lipinski definition) is 1. The minimum atomic E-state index is -0.334. The summed E-state index contributed by atoms with van der Waals surface area (Å²) in [6, 6.07) is 3.33. The van der Waals surface area contributed by atoms with E-state index in [1.807, 2.05) is 0 Å². The van der Waals surface area contributed by atoms with Crippen molar-refractivity contribution in [2.24, 2.45) is 5.92 Å². The third-order valence-electron chi connectivity index (χ3n) is 4.77. The average Bonchev–Trinajstić information content (AvgIpc) is 3.02. The number of halogens is 4. The maximum atomic E-state index is 14.7. The molecule has 0 bridgehead atoms. The molecule has 1 atom stereocenters. The lowest BCUT2D eigenvalue weighted by Gasteiger charge is -2.39. The van der Waals surface area contributed by atoms with E-state index in [1.165, 1.54) is 12.8 Å². The van der Waals surface area contributed by atoms with Crippen LogP contribution in [0.15, 0.2) is 12.1 Å². The molecule has 2 aliphatic rings. The molecule has 1 N–H and O–H groups in total. The van der Waals surface area contributed by atoms with Gasteiger partial charge >= 0.3 is 0 Å². The first-order valence-corrected chi connectivity index (χ1v) is 8.52. The third-order valence-corrected chi connectivity index (χ3v) is 5.39. The van der Waals surface area contributed by atoms with Crippen molar-refractivity contribution >= 4 is 35.6 Å². The molecule has 2 fully saturated rings. The van der Waals surface area contributed by atoms with E-state index in [2.05, 4.69) is 10.2 Å². The molecule has 22 heavy (non-hydrogen) atoms. The molecule has 1 heterocycles. The van der Waals surface area contributed by atoms with Gasteiger partial charge in [-0.3, -0.25) is 4.90 Å². The zero-order chi connectivity index (χ0) is 14.8. The number of benzene rings is 1. The van der Waals surface area contributed by atoms with Crippen LogP contribution >= 0.6 is 35.6 Å². The van der Waals surface area contributed by atoms with Crippen LogP contribution in [0, 0.1) is 11.7 Å². The molecule has 1 aromatic rings. The maximum absolute atomic E-state index is 14.7. The van der Waals surface area contributed by atoms with Crippen LogP contribution in [0.1, 0.15) is 37.3 Å². The molecule has 0 spiro atoms. The van der Waals surface area contributed by atoms with Gasteiger partial charge in [-0.25, -0.2) is 4.39 Å². The van der Waals surface area contributed by atoms with Crippen LogP contribution in [0.4, 0.5) is 4.39 Å². The third kappa shape index (κ3) is 3.70. The largest absolute Gasteiger partial charge is 0.314 e. The molecule has 1 aliphatic carbocycles. The van der Waals surface area contributed by atoms with E-state index in [4.69, 9.17) is 23.2 Å². The highest BCUT2D eigenvalue weighted by atomic mass is 35.5. The van der Waals surface area contributed by atoms with Gasteiger partial charge in [0.05, 0.1) is 5.02 Å². The SMILES string of the molecule is Cl.Fc1c(Cl)ccc(Cl)c1[C@H](C1CCCC1)N1CCNCC1. The van der Waals surface area contributed by atoms with E-state index in [0.29, 0.717) is 16.5 Å². The van der Waals surface area contributed by atoms with E-state index in [-0.39, 0.29) is 29.3 Å². The fraction of sp³-hybridized carbons (Fsp3) is 0.625. The van der Waals surface area contributed by atoms with Crippen LogP contribution in [0.2, 0.25) is 10.0 Å². The van der Waals surface area contributed by atoms with Crippen LogP contribution in [-0.2, 0) is 0 Å². The lowest BCUT2D eigenvalue weighted by Crippen LogP contribution is -2.47. The highest BCUT2D eigenvalue weighted by Gasteiger charge is 2.35. The standard InChI is InChI=1S/C16H21Cl2FN2.ClH/c17-12-5-6-13(18)15(19)14(12)16(11-3-1-2-4-11)21-9-7-20-8-10-21;/h5-6,11,16,20H,1-4,7-10H2;1H/t16-;/m0./s1. The van der Waals surface area contributed by atoms with E-state index >= 15 is 0 Å². The molecule has 0 aromatic heterocycles. The molecule has 3 rings (SSSR count). The number of nitrogens with one attached hydrogen (secondary N) is 1. The quantitative estimate of drug-likeness (QED) is 0.780. The maximum Gasteiger partial charge on any atom is 0.148 e. The summed E-state index contributed by atoms with van der Waals surface area (Å²) in [6.07, 6.45) is 4.76. The van der Waals surface area contributed by atoms with Crippen LogP contribution in [0.3, 0.4) is 0 Å². The van der Waals surface area contributed by atoms with Crippen LogP contribution in [0.25, 0.3) is 0 Å². The van der Waals surface area contributed by atoms with Crippen molar-refractivity contribution in [1.29, 1.82) is 0 Å². The Balaban J connectivity index is 0.00000176. The topological polar surface area (TPSA) is 15.3 Å². The predicted octanol–water partition coefficient (Wildman–Crippen LogP) is 4.69. The Morgan fingerprint density at radius 1 is 1.09 bits per heavy atom. The second-order valence-electron chi connectivity index (χ2n) is 6.03. The second-order valence-corrected chi connectivity index (χ2v) is 6.85. The second kappa shape index (κ2) is 8.16. The summed E-state index contributed by atoms with van der Waals surface area (Å²) >= 11 is 12.4. The fourth-order valence-electron chi connectivity index (χ4n) is 3.76. The summed E-state index contributed by atoms with van der Waals surface area (Å²) in [5.41, 5.74) is 0.609. The molecule has 0 unspecified atom stereocenters. The average molecular weight is 368 g/mol. The zero-order valence-corrected chi connectivity index (χ0v) is 14.8. The van der Waals surface area contributed by atoms with Gasteiger partial charge in [-0.2, -0.15) is 0 Å². The van der Waals surface area contributed by atoms with Gasteiger partial charge in [0.2, 0.25) is 0 Å². The minimum absolute atomic E-state index is 0. The Morgan fingerprint density at radius 2 is 1.68 bits per heavy atom. The lowest BCUT2D eigenvalue weighted by atomic mass is 9.89. The number of piperazine rings is 1. The molecule has 124 valence electrons. The van der Waals surface area contributed by atoms with Crippen molar-refractivity contribution in [3.63, 3.8) is 0 Å². The number of rotatable bonds is 3. The minimum Gasteiger partial charge on any atom is -0.314 e. The van der Waals surface area contributed by atoms with Gasteiger partial charge < -0.3 is 5.32 Å². The summed E-state index contributed by atoms with van der Waals surface area (Å²) in [5, 5.41) is 4.04. The molecular formula is C16H22Cl3FN2. The summed E-state index contributed by atoms with van der Waals surface area (Å²) in [4.78, 5) is 2.38. The van der Waals surface area contributed by atoms with Gasteiger partial charge in [-0.1, -0.05) is 36.0 Å². The predicted molar refractivity (Wildman–Crippen MR) is 92.8 cm³/mol. The molecule has 1 saturated carbocycles. The van der Waals surface area contributed by atoms with E-state index < -0.39 is 0 Å². The van der Waals surface area contributed by atoms with Crippen LogP contribution < -0.4 is 5.32 Å². The Labute approximate surface area is 147 Å². The van der Waals surface area contributed by atoms with Gasteiger partial charge in [0.15, 0.2) is 0 Å². The molecule has 1 aliphatic heterocycles. The van der Waals surface area contributed by atoms with E-state index in [0.717, 1.165) is 39.0 Å². The Morgan fingerprint density at radius 3 is 2.32 bits per heavy atom. The number of hydrogen-bond acceptors (Lipinski definition) is 2. The first-order chi connectivity index (χ1) is 10.2. The lowest BCUT2D eigenvalue weighted by molar-refractivity contribution is 0.122. The Hall–Kier alpha value is -0.0600. The van der Waals surface area contributed by atoms with Crippen molar-refractivity contribution in [3.8, 4) is 0 Å². The van der Waals surface area contributed by atoms with Crippen molar-refractivity contribution in [1.82, 2.24) is 10.2 Å². The van der Waals surface area contributed by atoms with Gasteiger partial charge in [-0.15, -0.1) is 12.4 Å². The molecule has 1 aromatic carbocycles. The van der Waals surface area contributed by atoms with Crippen molar-refractivity contribution in [2.45, 2.75) is 31.7 Å². The summed E-state index contributed by atoms with van der Waals surface area (Å²) < 4.78 is 14.7. The molecular weight excluding hydrogens is 346 g/mol. The molecule has 6 heteroatoms. The first-order valence-electron chi connectivity index (χ1n) is 7.76. The smallest absolute Gasteiger partial charge is 0.148 e. The van der Waals surface area contributed by atoms with Gasteiger partial charge in [-0.05, 0) is 30.9 Å². The Kier molecular flexibility index (Phi) is 6.78. The van der Waals surface area contributed by atoms with Crippen molar-refractivity contribution in [3.05, 3.63) is 33.6 Å². The van der Waals surface area contributed by atoms with Gasteiger partial charge in [0.25, 0.3) is 0 Å². The van der Waals surface area contributed by atoms with E-state index in [1.54, 1.807) is 12.1 Å². The summed E-state index contributed by atoms with van der Waals surface area (Å²) in [5.74, 6) is 0.146. The van der Waals surface area contributed by atoms with Crippen molar-refractivity contribution in [2.75, 3.05) is 26.2 Å². The first kappa shape index (κ1) is 18.3. The highest BCUT2D eigenvalue weighted by Crippen LogP contribution is 2.43. The van der Waals surface area contributed by atoms with Gasteiger partial charge in [0.1, 0.15) is 5.82 Å².